The number of hydrogen-bond donors (Lipinski definition) is 4. The van der Waals surface area contributed by atoms with Gasteiger partial charge < -0.3 is 21.5 Å². The maximum absolute atomic E-state index is 12.9. The molecule has 0 aliphatic heterocycles. The Hall–Kier alpha value is -1.11. The maximum Gasteiger partial charge on any atom is 0.251 e. The monoisotopic (exact) mass is 451 g/mol. The van der Waals surface area contributed by atoms with Crippen molar-refractivity contribution in [2.75, 3.05) is 5.73 Å². The van der Waals surface area contributed by atoms with Gasteiger partial charge in [-0.2, -0.15) is 0 Å². The van der Waals surface area contributed by atoms with Crippen molar-refractivity contribution in [2.24, 2.45) is 0 Å². The summed E-state index contributed by atoms with van der Waals surface area (Å²) in [5.74, 6) is -0.0594. The highest BCUT2D eigenvalue weighted by Gasteiger charge is 2.24. The Morgan fingerprint density at radius 2 is 1.82 bits per heavy atom. The molecule has 0 saturated heterocycles. The summed E-state index contributed by atoms with van der Waals surface area (Å²) < 4.78 is 0.776. The van der Waals surface area contributed by atoms with Gasteiger partial charge in [0, 0.05) is 28.2 Å². The first-order chi connectivity index (χ1) is 13.5. The number of nitrogen functional groups attached to an aromatic ring is 1. The minimum Gasteiger partial charge on any atom is -0.398 e. The second-order valence-electron chi connectivity index (χ2n) is 8.40. The van der Waals surface area contributed by atoms with Crippen molar-refractivity contribution in [1.82, 2.24) is 10.6 Å². The summed E-state index contributed by atoms with van der Waals surface area (Å²) >= 11 is 3.56. The molecule has 5 N–H and O–H groups in total. The first kappa shape index (κ1) is 21.6. The summed E-state index contributed by atoms with van der Waals surface area (Å²) in [5, 5.41) is 16.6. The molecule has 28 heavy (non-hydrogen) atoms. The van der Waals surface area contributed by atoms with E-state index in [1.807, 2.05) is 12.1 Å². The average Bonchev–Trinajstić information content (AvgIpc) is 2.70. The number of carbonyl (C=O) groups excluding carboxylic acids is 1. The summed E-state index contributed by atoms with van der Waals surface area (Å²) in [6.07, 6.45) is 10.2. The molecule has 2 aliphatic carbocycles. The zero-order valence-corrected chi connectivity index (χ0v) is 18.4. The second-order valence-corrected chi connectivity index (χ2v) is 9.26. The molecule has 0 spiro atoms. The third kappa shape index (κ3) is 5.49. The van der Waals surface area contributed by atoms with Crippen molar-refractivity contribution in [3.8, 4) is 0 Å². The van der Waals surface area contributed by atoms with Crippen LogP contribution in [0.3, 0.4) is 0 Å². The fourth-order valence-corrected chi connectivity index (χ4v) is 5.00. The van der Waals surface area contributed by atoms with Crippen molar-refractivity contribution < 1.29 is 9.90 Å². The smallest absolute Gasteiger partial charge is 0.251 e. The molecule has 3 rings (SSSR count). The standard InChI is InChI=1S/C22H34BrN3O2/c1-2-20(25-15-6-4-3-5-7-15)18-12-14(13-19(23)21(18)24)22(28)26-16-8-10-17(27)11-9-16/h12-13,15-17,20,25,27H,2-11,24H2,1H3,(H,26,28). The van der Waals surface area contributed by atoms with Crippen LogP contribution in [0.2, 0.25) is 0 Å². The normalized spacial score (nSPS) is 24.7. The van der Waals surface area contributed by atoms with Crippen LogP contribution in [0.15, 0.2) is 16.6 Å². The molecule has 1 unspecified atom stereocenters. The lowest BCUT2D eigenvalue weighted by molar-refractivity contribution is 0.0867. The Kier molecular flexibility index (Phi) is 7.77. The molecule has 0 bridgehead atoms. The predicted octanol–water partition coefficient (Wildman–Crippen LogP) is 4.44. The lowest BCUT2D eigenvalue weighted by atomic mass is 9.92. The molecule has 1 aromatic carbocycles. The van der Waals surface area contributed by atoms with Crippen LogP contribution in [0, 0.1) is 0 Å². The van der Waals surface area contributed by atoms with Crippen LogP contribution in [-0.2, 0) is 0 Å². The molecule has 1 atom stereocenters. The fraction of sp³-hybridized carbons (Fsp3) is 0.682. The van der Waals surface area contributed by atoms with Crippen LogP contribution >= 0.6 is 15.9 Å². The van der Waals surface area contributed by atoms with E-state index in [0.717, 1.165) is 42.1 Å². The van der Waals surface area contributed by atoms with Gasteiger partial charge in [0.25, 0.3) is 5.91 Å². The molecule has 0 radical (unpaired) electrons. The zero-order chi connectivity index (χ0) is 20.1. The summed E-state index contributed by atoms with van der Waals surface area (Å²) in [4.78, 5) is 12.9. The van der Waals surface area contributed by atoms with E-state index in [0.29, 0.717) is 17.3 Å². The quantitative estimate of drug-likeness (QED) is 0.481. The minimum absolute atomic E-state index is 0.0594. The zero-order valence-electron chi connectivity index (χ0n) is 16.8. The van der Waals surface area contributed by atoms with Gasteiger partial charge in [0.15, 0.2) is 0 Å². The number of nitrogens with one attached hydrogen (secondary N) is 2. The van der Waals surface area contributed by atoms with Crippen LogP contribution < -0.4 is 16.4 Å². The maximum atomic E-state index is 12.9. The highest BCUT2D eigenvalue weighted by molar-refractivity contribution is 9.10. The Bertz CT molecular complexity index is 668. The third-order valence-electron chi connectivity index (χ3n) is 6.28. The Balaban J connectivity index is 1.73. The lowest BCUT2D eigenvalue weighted by Crippen LogP contribution is -2.38. The first-order valence-electron chi connectivity index (χ1n) is 10.8. The van der Waals surface area contributed by atoms with Gasteiger partial charge in [0.1, 0.15) is 0 Å². The molecule has 156 valence electrons. The number of aliphatic hydroxyl groups is 1. The number of benzene rings is 1. The number of nitrogens with two attached hydrogens (primary N) is 1. The Morgan fingerprint density at radius 1 is 1.14 bits per heavy atom. The number of carbonyl (C=O) groups is 1. The highest BCUT2D eigenvalue weighted by Crippen LogP contribution is 2.33. The summed E-state index contributed by atoms with van der Waals surface area (Å²) in [5.41, 5.74) is 8.75. The molecular formula is C22H34BrN3O2. The first-order valence-corrected chi connectivity index (χ1v) is 11.6. The Morgan fingerprint density at radius 3 is 2.46 bits per heavy atom. The van der Waals surface area contributed by atoms with Crippen molar-refractivity contribution in [1.29, 1.82) is 0 Å². The van der Waals surface area contributed by atoms with Crippen LogP contribution in [0.25, 0.3) is 0 Å². The van der Waals surface area contributed by atoms with Gasteiger partial charge >= 0.3 is 0 Å². The molecule has 5 nitrogen and oxygen atoms in total. The second kappa shape index (κ2) is 10.1. The predicted molar refractivity (Wildman–Crippen MR) is 117 cm³/mol. The number of halogens is 1. The van der Waals surface area contributed by atoms with Crippen LogP contribution in [0.1, 0.15) is 93.1 Å². The van der Waals surface area contributed by atoms with Gasteiger partial charge in [0.05, 0.1) is 11.8 Å². The third-order valence-corrected chi connectivity index (χ3v) is 6.94. The molecule has 2 aliphatic rings. The molecular weight excluding hydrogens is 418 g/mol. The molecule has 1 aromatic rings. The molecule has 0 heterocycles. The van der Waals surface area contributed by atoms with E-state index in [1.165, 1.54) is 32.1 Å². The van der Waals surface area contributed by atoms with E-state index >= 15 is 0 Å². The van der Waals surface area contributed by atoms with Crippen molar-refractivity contribution in [3.05, 3.63) is 27.7 Å². The number of rotatable bonds is 6. The van der Waals surface area contributed by atoms with Gasteiger partial charge in [-0.3, -0.25) is 4.79 Å². The molecule has 1 amide bonds. The number of aliphatic hydroxyl groups excluding tert-OH is 1. The van der Waals surface area contributed by atoms with Gasteiger partial charge in [-0.25, -0.2) is 0 Å². The van der Waals surface area contributed by atoms with Crippen molar-refractivity contribution in [3.63, 3.8) is 0 Å². The molecule has 2 saturated carbocycles. The van der Waals surface area contributed by atoms with E-state index < -0.39 is 0 Å². The SMILES string of the molecule is CCC(NC1CCCCC1)c1cc(C(=O)NC2CCC(O)CC2)cc(Br)c1N. The van der Waals surface area contributed by atoms with Crippen molar-refractivity contribution in [2.45, 2.75) is 95.4 Å². The highest BCUT2D eigenvalue weighted by atomic mass is 79.9. The van der Waals surface area contributed by atoms with E-state index in [1.54, 1.807) is 0 Å². The largest absolute Gasteiger partial charge is 0.398 e. The van der Waals surface area contributed by atoms with E-state index in [9.17, 15) is 9.90 Å². The van der Waals surface area contributed by atoms with Crippen LogP contribution in [-0.4, -0.2) is 29.2 Å². The minimum atomic E-state index is -0.221. The molecule has 6 heteroatoms. The van der Waals surface area contributed by atoms with E-state index in [4.69, 9.17) is 5.73 Å². The summed E-state index contributed by atoms with van der Waals surface area (Å²) in [6, 6.07) is 4.59. The van der Waals surface area contributed by atoms with E-state index in [-0.39, 0.29) is 24.1 Å². The van der Waals surface area contributed by atoms with Crippen LogP contribution in [0.5, 0.6) is 0 Å². The number of anilines is 1. The number of hydrogen-bond acceptors (Lipinski definition) is 4. The van der Waals surface area contributed by atoms with Gasteiger partial charge in [-0.1, -0.05) is 26.2 Å². The van der Waals surface area contributed by atoms with Crippen LogP contribution in [0.4, 0.5) is 5.69 Å². The average molecular weight is 452 g/mol. The summed E-state index contributed by atoms with van der Waals surface area (Å²) in [6.45, 7) is 2.16. The summed E-state index contributed by atoms with van der Waals surface area (Å²) in [7, 11) is 0. The molecule has 2 fully saturated rings. The van der Waals surface area contributed by atoms with Crippen molar-refractivity contribution >= 4 is 27.5 Å². The lowest BCUT2D eigenvalue weighted by Gasteiger charge is -2.29. The van der Waals surface area contributed by atoms with Gasteiger partial charge in [-0.15, -0.1) is 0 Å². The van der Waals surface area contributed by atoms with Gasteiger partial charge in [0.2, 0.25) is 0 Å². The number of amides is 1. The Labute approximate surface area is 177 Å². The molecule has 0 aromatic heterocycles. The topological polar surface area (TPSA) is 87.4 Å². The van der Waals surface area contributed by atoms with E-state index in [2.05, 4.69) is 33.5 Å². The van der Waals surface area contributed by atoms with Gasteiger partial charge in [-0.05, 0) is 78.6 Å². The fourth-order valence-electron chi connectivity index (χ4n) is 4.53.